The van der Waals surface area contributed by atoms with Crippen molar-refractivity contribution in [3.8, 4) is 0 Å². The number of sulfone groups is 1. The van der Waals surface area contributed by atoms with Crippen LogP contribution in [0, 0.1) is 0 Å². The highest BCUT2D eigenvalue weighted by Gasteiger charge is 2.25. The first kappa shape index (κ1) is 12.1. The summed E-state index contributed by atoms with van der Waals surface area (Å²) in [6, 6.07) is 0. The van der Waals surface area contributed by atoms with Crippen molar-refractivity contribution in [1.29, 1.82) is 0 Å². The highest BCUT2D eigenvalue weighted by molar-refractivity contribution is 7.91. The number of hydrogen-bond acceptors (Lipinski definition) is 4. The normalized spacial score (nSPS) is 20.2. The first-order valence-corrected chi connectivity index (χ1v) is 7.24. The summed E-state index contributed by atoms with van der Waals surface area (Å²) in [5, 5.41) is 8.62. The molecule has 1 aromatic rings. The SMILES string of the molecule is O=C(O)Cc1ncc(C2CCS(=O)(=O)CC2)[nH]1. The molecule has 1 aliphatic heterocycles. The van der Waals surface area contributed by atoms with Gasteiger partial charge in [0.1, 0.15) is 22.1 Å². The summed E-state index contributed by atoms with van der Waals surface area (Å²) in [5.41, 5.74) is 0.844. The van der Waals surface area contributed by atoms with E-state index in [1.165, 1.54) is 0 Å². The largest absolute Gasteiger partial charge is 0.481 e. The van der Waals surface area contributed by atoms with Crippen LogP contribution in [0.5, 0.6) is 0 Å². The van der Waals surface area contributed by atoms with Crippen LogP contribution in [0.3, 0.4) is 0 Å². The number of rotatable bonds is 3. The van der Waals surface area contributed by atoms with Crippen LogP contribution >= 0.6 is 0 Å². The molecule has 94 valence electrons. The molecule has 0 radical (unpaired) electrons. The Morgan fingerprint density at radius 2 is 2.12 bits per heavy atom. The topological polar surface area (TPSA) is 100 Å². The van der Waals surface area contributed by atoms with Gasteiger partial charge in [0.15, 0.2) is 0 Å². The van der Waals surface area contributed by atoms with Crippen LogP contribution in [0.1, 0.15) is 30.3 Å². The molecule has 2 heterocycles. The van der Waals surface area contributed by atoms with Crippen LogP contribution in [0.25, 0.3) is 0 Å². The highest BCUT2D eigenvalue weighted by atomic mass is 32.2. The van der Waals surface area contributed by atoms with Crippen molar-refractivity contribution in [2.24, 2.45) is 0 Å². The van der Waals surface area contributed by atoms with Crippen molar-refractivity contribution in [2.75, 3.05) is 11.5 Å². The molecule has 1 aliphatic rings. The number of carboxylic acid groups (broad SMARTS) is 1. The van der Waals surface area contributed by atoms with Gasteiger partial charge in [-0.25, -0.2) is 13.4 Å². The van der Waals surface area contributed by atoms with Crippen LogP contribution in [0.4, 0.5) is 0 Å². The predicted octanol–water partition coefficient (Wildman–Crippen LogP) is 0.329. The number of carboxylic acids is 1. The number of aromatic nitrogens is 2. The summed E-state index contributed by atoms with van der Waals surface area (Å²) < 4.78 is 22.5. The molecule has 0 aromatic carbocycles. The van der Waals surface area contributed by atoms with E-state index in [1.807, 2.05) is 0 Å². The highest BCUT2D eigenvalue weighted by Crippen LogP contribution is 2.27. The zero-order valence-corrected chi connectivity index (χ0v) is 10.0. The fraction of sp³-hybridized carbons (Fsp3) is 0.600. The maximum Gasteiger partial charge on any atom is 0.311 e. The number of carbonyl (C=O) groups is 1. The molecule has 0 aliphatic carbocycles. The first-order chi connectivity index (χ1) is 7.96. The van der Waals surface area contributed by atoms with Crippen molar-refractivity contribution >= 4 is 15.8 Å². The molecular formula is C10H14N2O4S. The van der Waals surface area contributed by atoms with Crippen molar-refractivity contribution in [3.63, 3.8) is 0 Å². The van der Waals surface area contributed by atoms with Gasteiger partial charge >= 0.3 is 5.97 Å². The molecule has 2 N–H and O–H groups in total. The van der Waals surface area contributed by atoms with Gasteiger partial charge in [-0.3, -0.25) is 4.79 Å². The second kappa shape index (κ2) is 4.48. The van der Waals surface area contributed by atoms with E-state index >= 15 is 0 Å². The molecule has 0 unspecified atom stereocenters. The van der Waals surface area contributed by atoms with Gasteiger partial charge in [-0.1, -0.05) is 0 Å². The lowest BCUT2D eigenvalue weighted by Crippen LogP contribution is -2.22. The maximum atomic E-state index is 11.3. The van der Waals surface area contributed by atoms with E-state index in [2.05, 4.69) is 9.97 Å². The van der Waals surface area contributed by atoms with Gasteiger partial charge in [-0.15, -0.1) is 0 Å². The van der Waals surface area contributed by atoms with E-state index in [-0.39, 0.29) is 23.8 Å². The third kappa shape index (κ3) is 3.06. The first-order valence-electron chi connectivity index (χ1n) is 5.42. The lowest BCUT2D eigenvalue weighted by Gasteiger charge is -2.20. The van der Waals surface area contributed by atoms with Crippen molar-refractivity contribution < 1.29 is 18.3 Å². The number of aliphatic carboxylic acids is 1. The van der Waals surface area contributed by atoms with Gasteiger partial charge in [0.25, 0.3) is 0 Å². The van der Waals surface area contributed by atoms with E-state index in [0.29, 0.717) is 18.7 Å². The van der Waals surface area contributed by atoms with Crippen LogP contribution in [0.15, 0.2) is 6.20 Å². The molecular weight excluding hydrogens is 244 g/mol. The minimum absolute atomic E-state index is 0.134. The van der Waals surface area contributed by atoms with E-state index in [4.69, 9.17) is 5.11 Å². The molecule has 0 bridgehead atoms. The average molecular weight is 258 g/mol. The minimum atomic E-state index is -2.86. The number of hydrogen-bond donors (Lipinski definition) is 2. The van der Waals surface area contributed by atoms with E-state index in [9.17, 15) is 13.2 Å². The molecule has 0 atom stereocenters. The number of imidazole rings is 1. The van der Waals surface area contributed by atoms with Gasteiger partial charge in [0.2, 0.25) is 0 Å². The Morgan fingerprint density at radius 1 is 1.47 bits per heavy atom. The summed E-state index contributed by atoms with van der Waals surface area (Å²) in [7, 11) is -2.86. The van der Waals surface area contributed by atoms with E-state index in [1.54, 1.807) is 6.20 Å². The summed E-state index contributed by atoms with van der Waals surface area (Å²) in [5.74, 6) is 0.0298. The second-order valence-electron chi connectivity index (χ2n) is 4.28. The molecule has 1 saturated heterocycles. The summed E-state index contributed by atoms with van der Waals surface area (Å²) in [6.07, 6.45) is 2.64. The van der Waals surface area contributed by atoms with Gasteiger partial charge in [-0.2, -0.15) is 0 Å². The standard InChI is InChI=1S/C10H14N2O4S/c13-10(14)5-9-11-6-8(12-9)7-1-3-17(15,16)4-2-7/h6-7H,1-5H2,(H,11,12)(H,13,14). The monoisotopic (exact) mass is 258 g/mol. The Balaban J connectivity index is 2.04. The summed E-state index contributed by atoms with van der Waals surface area (Å²) in [4.78, 5) is 17.4. The fourth-order valence-corrected chi connectivity index (χ4v) is 3.51. The molecule has 1 aromatic heterocycles. The molecule has 0 spiro atoms. The van der Waals surface area contributed by atoms with Crippen molar-refractivity contribution in [1.82, 2.24) is 9.97 Å². The predicted molar refractivity (Wildman–Crippen MR) is 60.6 cm³/mol. The Bertz CT molecular complexity index is 506. The maximum absolute atomic E-state index is 11.3. The molecule has 0 amide bonds. The van der Waals surface area contributed by atoms with Gasteiger partial charge in [0.05, 0.1) is 11.5 Å². The van der Waals surface area contributed by atoms with Crippen LogP contribution in [-0.4, -0.2) is 41.0 Å². The minimum Gasteiger partial charge on any atom is -0.481 e. The Morgan fingerprint density at radius 3 is 2.71 bits per heavy atom. The average Bonchev–Trinajstić information content (AvgIpc) is 2.65. The second-order valence-corrected chi connectivity index (χ2v) is 6.59. The third-order valence-corrected chi connectivity index (χ3v) is 4.68. The zero-order chi connectivity index (χ0) is 12.5. The smallest absolute Gasteiger partial charge is 0.311 e. The molecule has 6 nitrogen and oxygen atoms in total. The Kier molecular flexibility index (Phi) is 3.19. The van der Waals surface area contributed by atoms with Gasteiger partial charge in [-0.05, 0) is 12.8 Å². The summed E-state index contributed by atoms with van der Waals surface area (Å²) in [6.45, 7) is 0. The number of aromatic amines is 1. The molecule has 1 fully saturated rings. The van der Waals surface area contributed by atoms with Crippen molar-refractivity contribution in [2.45, 2.75) is 25.2 Å². The van der Waals surface area contributed by atoms with Gasteiger partial charge < -0.3 is 10.1 Å². The quantitative estimate of drug-likeness (QED) is 0.813. The lowest BCUT2D eigenvalue weighted by atomic mass is 10.00. The Hall–Kier alpha value is -1.37. The third-order valence-electron chi connectivity index (χ3n) is 2.96. The van der Waals surface area contributed by atoms with Gasteiger partial charge in [0, 0.05) is 17.8 Å². The molecule has 17 heavy (non-hydrogen) atoms. The molecule has 7 heteroatoms. The van der Waals surface area contributed by atoms with Crippen molar-refractivity contribution in [3.05, 3.63) is 17.7 Å². The zero-order valence-electron chi connectivity index (χ0n) is 9.22. The van der Waals surface area contributed by atoms with E-state index in [0.717, 1.165) is 5.69 Å². The molecule has 2 rings (SSSR count). The number of nitrogens with zero attached hydrogens (tertiary/aromatic N) is 1. The lowest BCUT2D eigenvalue weighted by molar-refractivity contribution is -0.136. The van der Waals surface area contributed by atoms with Crippen LogP contribution in [-0.2, 0) is 21.1 Å². The number of H-pyrrole nitrogens is 1. The van der Waals surface area contributed by atoms with Crippen LogP contribution < -0.4 is 0 Å². The fourth-order valence-electron chi connectivity index (χ4n) is 2.02. The number of nitrogens with one attached hydrogen (secondary N) is 1. The van der Waals surface area contributed by atoms with Crippen LogP contribution in [0.2, 0.25) is 0 Å². The van der Waals surface area contributed by atoms with E-state index < -0.39 is 15.8 Å². The summed E-state index contributed by atoms with van der Waals surface area (Å²) >= 11 is 0. The Labute approximate surface area is 99.0 Å². The molecule has 0 saturated carbocycles.